The zero-order chi connectivity index (χ0) is 19.6. The van der Waals surface area contributed by atoms with Gasteiger partial charge in [-0.05, 0) is 67.9 Å². The van der Waals surface area contributed by atoms with Crippen molar-refractivity contribution in [1.82, 2.24) is 4.90 Å². The highest BCUT2D eigenvalue weighted by Crippen LogP contribution is 2.44. The number of aliphatic hydroxyl groups is 1. The molecule has 1 saturated heterocycles. The van der Waals surface area contributed by atoms with Crippen molar-refractivity contribution in [2.75, 3.05) is 33.4 Å². The molecular weight excluding hydrogens is 342 g/mol. The molecule has 1 N–H and O–H groups in total. The van der Waals surface area contributed by atoms with Gasteiger partial charge in [-0.15, -0.1) is 0 Å². The number of fused-ring (bicyclic) bond motifs is 1. The summed E-state index contributed by atoms with van der Waals surface area (Å²) in [4.78, 5) is 14.8. The Morgan fingerprint density at radius 2 is 2.00 bits per heavy atom. The van der Waals surface area contributed by atoms with Gasteiger partial charge in [-0.3, -0.25) is 4.79 Å². The molecule has 3 rings (SSSR count). The van der Waals surface area contributed by atoms with Gasteiger partial charge in [0.05, 0.1) is 12.7 Å². The lowest BCUT2D eigenvalue weighted by molar-refractivity contribution is -0.137. The van der Waals surface area contributed by atoms with Crippen molar-refractivity contribution in [3.63, 3.8) is 0 Å². The van der Waals surface area contributed by atoms with E-state index in [9.17, 15) is 9.90 Å². The number of carbonyl (C=O) groups excluding carboxylic acids is 1. The Labute approximate surface area is 162 Å². The highest BCUT2D eigenvalue weighted by Gasteiger charge is 2.38. The summed E-state index contributed by atoms with van der Waals surface area (Å²) in [6.07, 6.45) is 3.31. The van der Waals surface area contributed by atoms with E-state index in [1.54, 1.807) is 7.11 Å². The number of hydrogen-bond donors (Lipinski definition) is 1. The van der Waals surface area contributed by atoms with Gasteiger partial charge in [0.25, 0.3) is 0 Å². The van der Waals surface area contributed by atoms with Gasteiger partial charge >= 0.3 is 0 Å². The highest BCUT2D eigenvalue weighted by atomic mass is 16.5. The lowest BCUT2D eigenvalue weighted by atomic mass is 9.72. The number of rotatable bonds is 6. The lowest BCUT2D eigenvalue weighted by Crippen LogP contribution is -2.39. The number of nitrogens with zero attached hydrogens (tertiary/aromatic N) is 1. The van der Waals surface area contributed by atoms with Crippen molar-refractivity contribution in [2.45, 2.75) is 52.6 Å². The van der Waals surface area contributed by atoms with E-state index in [-0.39, 0.29) is 17.7 Å². The summed E-state index contributed by atoms with van der Waals surface area (Å²) in [6, 6.07) is 2.07. The fourth-order valence-electron chi connectivity index (χ4n) is 4.70. The van der Waals surface area contributed by atoms with Crippen LogP contribution >= 0.6 is 0 Å². The minimum atomic E-state index is -0.625. The summed E-state index contributed by atoms with van der Waals surface area (Å²) < 4.78 is 11.0. The molecule has 0 unspecified atom stereocenters. The number of aliphatic hydroxyl groups excluding tert-OH is 1. The largest absolute Gasteiger partial charge is 0.491 e. The topological polar surface area (TPSA) is 59.0 Å². The number of amides is 1. The van der Waals surface area contributed by atoms with Crippen molar-refractivity contribution in [1.29, 1.82) is 0 Å². The molecule has 0 aromatic heterocycles. The number of benzene rings is 1. The van der Waals surface area contributed by atoms with Crippen LogP contribution in [0.3, 0.4) is 0 Å². The molecule has 27 heavy (non-hydrogen) atoms. The van der Waals surface area contributed by atoms with Crippen LogP contribution in [0.2, 0.25) is 0 Å². The van der Waals surface area contributed by atoms with Crippen molar-refractivity contribution < 1.29 is 19.4 Å². The van der Waals surface area contributed by atoms with Crippen LogP contribution in [0.25, 0.3) is 0 Å². The Hall–Kier alpha value is -1.59. The first-order valence-electron chi connectivity index (χ1n) is 10.2. The average Bonchev–Trinajstić information content (AvgIpc) is 3.19. The van der Waals surface area contributed by atoms with E-state index < -0.39 is 6.10 Å². The fourth-order valence-corrected chi connectivity index (χ4v) is 4.70. The van der Waals surface area contributed by atoms with Crippen LogP contribution in [-0.4, -0.2) is 49.3 Å². The minimum absolute atomic E-state index is 0.0436. The van der Waals surface area contributed by atoms with E-state index >= 15 is 0 Å². The molecule has 0 radical (unpaired) electrons. The third-order valence-electron chi connectivity index (χ3n) is 6.35. The number of ether oxygens (including phenoxy) is 2. The molecule has 1 aromatic rings. The Kier molecular flexibility index (Phi) is 6.43. The second-order valence-corrected chi connectivity index (χ2v) is 8.02. The normalized spacial score (nSPS) is 23.2. The fraction of sp³-hybridized carbons (Fsp3) is 0.682. The van der Waals surface area contributed by atoms with Crippen LogP contribution in [0, 0.1) is 25.7 Å². The summed E-state index contributed by atoms with van der Waals surface area (Å²) in [5, 5.41) is 11.2. The van der Waals surface area contributed by atoms with E-state index in [1.165, 1.54) is 5.56 Å². The molecule has 1 heterocycles. The van der Waals surface area contributed by atoms with Crippen molar-refractivity contribution >= 4 is 5.91 Å². The standard InChI is InChI=1S/C22H33NO4/c1-14-13-19(27-12-11-26-4)16(3)20-17(14)7-8-18(21(20)24)15(2)22(25)23-9-5-6-10-23/h13,15,18,21,24H,5-12H2,1-4H3/t15-,18+,21+/m0/s1. The third-order valence-corrected chi connectivity index (χ3v) is 6.35. The van der Waals surface area contributed by atoms with Crippen LogP contribution in [0.15, 0.2) is 6.07 Å². The lowest BCUT2D eigenvalue weighted by Gasteiger charge is -2.37. The number of methoxy groups -OCH3 is 1. The molecule has 0 spiro atoms. The molecule has 150 valence electrons. The van der Waals surface area contributed by atoms with Crippen LogP contribution in [-0.2, 0) is 16.0 Å². The number of hydrogen-bond acceptors (Lipinski definition) is 4. The maximum absolute atomic E-state index is 12.9. The molecular formula is C22H33NO4. The summed E-state index contributed by atoms with van der Waals surface area (Å²) in [5.41, 5.74) is 4.33. The predicted molar refractivity (Wildman–Crippen MR) is 105 cm³/mol. The zero-order valence-corrected chi connectivity index (χ0v) is 17.1. The maximum Gasteiger partial charge on any atom is 0.225 e. The van der Waals surface area contributed by atoms with Gasteiger partial charge < -0.3 is 19.5 Å². The summed E-state index contributed by atoms with van der Waals surface area (Å²) in [5.74, 6) is 0.797. The SMILES string of the molecule is COCCOc1cc(C)c2c(c1C)[C@H](O)[C@@H]([C@H](C)C(=O)N1CCCC1)CC2. The molecule has 5 heteroatoms. The van der Waals surface area contributed by atoms with Gasteiger partial charge in [-0.25, -0.2) is 0 Å². The van der Waals surface area contributed by atoms with Crippen LogP contribution in [0.1, 0.15) is 54.5 Å². The third kappa shape index (κ3) is 3.99. The van der Waals surface area contributed by atoms with E-state index in [0.29, 0.717) is 13.2 Å². The summed E-state index contributed by atoms with van der Waals surface area (Å²) in [6.45, 7) is 8.81. The summed E-state index contributed by atoms with van der Waals surface area (Å²) in [7, 11) is 1.65. The predicted octanol–water partition coefficient (Wildman–Crippen LogP) is 3.18. The first-order valence-corrected chi connectivity index (χ1v) is 10.2. The van der Waals surface area contributed by atoms with Gasteiger partial charge in [0.2, 0.25) is 5.91 Å². The monoisotopic (exact) mass is 375 g/mol. The van der Waals surface area contributed by atoms with Gasteiger partial charge in [-0.1, -0.05) is 6.92 Å². The maximum atomic E-state index is 12.9. The van der Waals surface area contributed by atoms with E-state index in [2.05, 4.69) is 13.0 Å². The molecule has 0 saturated carbocycles. The minimum Gasteiger partial charge on any atom is -0.491 e. The molecule has 5 nitrogen and oxygen atoms in total. The van der Waals surface area contributed by atoms with Crippen LogP contribution < -0.4 is 4.74 Å². The first kappa shape index (κ1) is 20.2. The Morgan fingerprint density at radius 3 is 2.67 bits per heavy atom. The number of aryl methyl sites for hydroxylation is 1. The highest BCUT2D eigenvalue weighted by molar-refractivity contribution is 5.79. The molecule has 1 aliphatic heterocycles. The number of likely N-dealkylation sites (tertiary alicyclic amines) is 1. The van der Waals surface area contributed by atoms with Gasteiger partial charge in [0.1, 0.15) is 12.4 Å². The first-order chi connectivity index (χ1) is 13.0. The molecule has 3 atom stereocenters. The molecule has 1 aromatic carbocycles. The van der Waals surface area contributed by atoms with Crippen LogP contribution in [0.4, 0.5) is 0 Å². The van der Waals surface area contributed by atoms with Gasteiger partial charge in [-0.2, -0.15) is 0 Å². The average molecular weight is 376 g/mol. The second-order valence-electron chi connectivity index (χ2n) is 8.02. The van der Waals surface area contributed by atoms with Gasteiger partial charge in [0.15, 0.2) is 0 Å². The Morgan fingerprint density at radius 1 is 1.30 bits per heavy atom. The quantitative estimate of drug-likeness (QED) is 0.776. The van der Waals surface area contributed by atoms with E-state index in [1.807, 2.05) is 18.7 Å². The molecule has 2 aliphatic rings. The molecule has 1 fully saturated rings. The number of carbonyl (C=O) groups is 1. The molecule has 1 amide bonds. The van der Waals surface area contributed by atoms with Crippen molar-refractivity contribution in [3.05, 3.63) is 28.3 Å². The zero-order valence-electron chi connectivity index (χ0n) is 17.1. The van der Waals surface area contributed by atoms with Crippen molar-refractivity contribution in [2.24, 2.45) is 11.8 Å². The van der Waals surface area contributed by atoms with E-state index in [0.717, 1.165) is 61.2 Å². The van der Waals surface area contributed by atoms with E-state index in [4.69, 9.17) is 9.47 Å². The Balaban J connectivity index is 1.84. The summed E-state index contributed by atoms with van der Waals surface area (Å²) >= 11 is 0. The molecule has 0 bridgehead atoms. The smallest absolute Gasteiger partial charge is 0.225 e. The Bertz CT molecular complexity index is 681. The second kappa shape index (κ2) is 8.61. The van der Waals surface area contributed by atoms with Crippen molar-refractivity contribution in [3.8, 4) is 5.75 Å². The molecule has 1 aliphatic carbocycles. The van der Waals surface area contributed by atoms with Crippen LogP contribution in [0.5, 0.6) is 5.75 Å². The van der Waals surface area contributed by atoms with Gasteiger partial charge in [0, 0.05) is 32.0 Å².